The molecule has 1 amide bonds. The fourth-order valence-corrected chi connectivity index (χ4v) is 3.39. The van der Waals surface area contributed by atoms with Crippen LogP contribution in [0.2, 0.25) is 5.02 Å². The number of nitrogens with zero attached hydrogens (tertiary/aromatic N) is 2. The molecule has 1 atom stereocenters. The Morgan fingerprint density at radius 3 is 2.55 bits per heavy atom. The number of carbonyl (C=O) groups excluding carboxylic acids is 1. The van der Waals surface area contributed by atoms with Gasteiger partial charge in [0.25, 0.3) is 0 Å². The highest BCUT2D eigenvalue weighted by atomic mass is 35.5. The predicted octanol–water partition coefficient (Wildman–Crippen LogP) is 2.47. The molecule has 1 unspecified atom stereocenters. The van der Waals surface area contributed by atoms with Gasteiger partial charge in [-0.15, -0.1) is 0 Å². The summed E-state index contributed by atoms with van der Waals surface area (Å²) in [6.07, 6.45) is 2.62. The summed E-state index contributed by atoms with van der Waals surface area (Å²) >= 11 is 6.12. The van der Waals surface area contributed by atoms with E-state index in [9.17, 15) is 9.90 Å². The standard InChI is InChI=1S/C22H26ClN3O3/c23-18-7-8-21(20(14-18)24-15-19(28)16-27)25-10-12-26(13-11-25)22(29)9-6-17-4-2-1-3-5-17/h1-9,14,19,24,27-28H,10-13,15-16H2. The molecule has 29 heavy (non-hydrogen) atoms. The van der Waals surface area contributed by atoms with Crippen molar-refractivity contribution in [3.63, 3.8) is 0 Å². The minimum atomic E-state index is -0.840. The molecule has 0 aliphatic carbocycles. The van der Waals surface area contributed by atoms with Crippen molar-refractivity contribution in [2.45, 2.75) is 6.10 Å². The van der Waals surface area contributed by atoms with Crippen LogP contribution in [0.1, 0.15) is 5.56 Å². The molecule has 2 aromatic rings. The van der Waals surface area contributed by atoms with Crippen molar-refractivity contribution in [2.24, 2.45) is 0 Å². The molecule has 1 saturated heterocycles. The fourth-order valence-electron chi connectivity index (χ4n) is 3.22. The number of nitrogens with one attached hydrogen (secondary N) is 1. The number of amides is 1. The molecule has 3 N–H and O–H groups in total. The Bertz CT molecular complexity index is 836. The number of aliphatic hydroxyl groups is 2. The van der Waals surface area contributed by atoms with Gasteiger partial charge >= 0.3 is 0 Å². The summed E-state index contributed by atoms with van der Waals surface area (Å²) in [4.78, 5) is 16.5. The van der Waals surface area contributed by atoms with Crippen LogP contribution in [0.4, 0.5) is 11.4 Å². The van der Waals surface area contributed by atoms with Gasteiger partial charge in [-0.2, -0.15) is 0 Å². The Hall–Kier alpha value is -2.54. The van der Waals surface area contributed by atoms with Crippen LogP contribution in [-0.4, -0.2) is 66.5 Å². The van der Waals surface area contributed by atoms with E-state index in [0.29, 0.717) is 31.2 Å². The zero-order valence-corrected chi connectivity index (χ0v) is 16.9. The van der Waals surface area contributed by atoms with Crippen molar-refractivity contribution in [3.8, 4) is 0 Å². The number of anilines is 2. The van der Waals surface area contributed by atoms with E-state index in [2.05, 4.69) is 10.2 Å². The first-order chi connectivity index (χ1) is 14.1. The van der Waals surface area contributed by atoms with Gasteiger partial charge in [-0.05, 0) is 29.8 Å². The third-order valence-corrected chi connectivity index (χ3v) is 5.08. The summed E-state index contributed by atoms with van der Waals surface area (Å²) in [7, 11) is 0. The van der Waals surface area contributed by atoms with Crippen LogP contribution in [0.5, 0.6) is 0 Å². The van der Waals surface area contributed by atoms with Crippen molar-refractivity contribution in [3.05, 3.63) is 65.2 Å². The molecular weight excluding hydrogens is 390 g/mol. The van der Waals surface area contributed by atoms with Crippen LogP contribution in [0.25, 0.3) is 6.08 Å². The number of aliphatic hydroxyl groups excluding tert-OH is 2. The van der Waals surface area contributed by atoms with Gasteiger partial charge in [0.05, 0.1) is 24.1 Å². The van der Waals surface area contributed by atoms with Crippen molar-refractivity contribution < 1.29 is 15.0 Å². The van der Waals surface area contributed by atoms with Crippen LogP contribution in [0, 0.1) is 0 Å². The normalized spacial score (nSPS) is 15.6. The van der Waals surface area contributed by atoms with Crippen molar-refractivity contribution in [1.29, 1.82) is 0 Å². The van der Waals surface area contributed by atoms with E-state index in [1.165, 1.54) is 0 Å². The molecule has 7 heteroatoms. The fraction of sp³-hybridized carbons (Fsp3) is 0.318. The largest absolute Gasteiger partial charge is 0.394 e. The van der Waals surface area contributed by atoms with Crippen LogP contribution in [0.15, 0.2) is 54.6 Å². The molecule has 1 aliphatic heterocycles. The zero-order chi connectivity index (χ0) is 20.6. The number of carbonyl (C=O) groups is 1. The van der Waals surface area contributed by atoms with Gasteiger partial charge in [0, 0.05) is 43.8 Å². The Labute approximate surface area is 176 Å². The van der Waals surface area contributed by atoms with Gasteiger partial charge in [-0.3, -0.25) is 4.79 Å². The number of hydrogen-bond donors (Lipinski definition) is 3. The second kappa shape index (κ2) is 10.3. The first kappa shape index (κ1) is 21.2. The number of hydrogen-bond acceptors (Lipinski definition) is 5. The van der Waals surface area contributed by atoms with Crippen molar-refractivity contribution in [2.75, 3.05) is 49.5 Å². The first-order valence-corrected chi connectivity index (χ1v) is 10.0. The lowest BCUT2D eigenvalue weighted by atomic mass is 10.2. The van der Waals surface area contributed by atoms with Gasteiger partial charge in [-0.1, -0.05) is 41.9 Å². The summed E-state index contributed by atoms with van der Waals surface area (Å²) in [5, 5.41) is 22.4. The molecule has 2 aromatic carbocycles. The molecule has 3 rings (SSSR count). The lowest BCUT2D eigenvalue weighted by molar-refractivity contribution is -0.126. The molecule has 0 bridgehead atoms. The van der Waals surface area contributed by atoms with Gasteiger partial charge in [0.1, 0.15) is 0 Å². The summed E-state index contributed by atoms with van der Waals surface area (Å²) in [5.41, 5.74) is 2.77. The Balaban J connectivity index is 1.60. The van der Waals surface area contributed by atoms with E-state index in [1.54, 1.807) is 12.1 Å². The summed E-state index contributed by atoms with van der Waals surface area (Å²) < 4.78 is 0. The summed E-state index contributed by atoms with van der Waals surface area (Å²) in [6, 6.07) is 15.3. The van der Waals surface area contributed by atoms with Crippen LogP contribution in [-0.2, 0) is 4.79 Å². The van der Waals surface area contributed by atoms with Gasteiger partial charge in [0.15, 0.2) is 0 Å². The van der Waals surface area contributed by atoms with Gasteiger partial charge in [-0.25, -0.2) is 0 Å². The molecule has 0 spiro atoms. The highest BCUT2D eigenvalue weighted by Crippen LogP contribution is 2.30. The van der Waals surface area contributed by atoms with Gasteiger partial charge < -0.3 is 25.3 Å². The molecule has 1 heterocycles. The third kappa shape index (κ3) is 5.97. The van der Waals surface area contributed by atoms with E-state index in [4.69, 9.17) is 16.7 Å². The molecule has 0 aromatic heterocycles. The molecule has 154 valence electrons. The van der Waals surface area contributed by atoms with E-state index in [1.807, 2.05) is 53.4 Å². The Kier molecular flexibility index (Phi) is 7.52. The molecule has 0 radical (unpaired) electrons. The maximum absolute atomic E-state index is 12.5. The van der Waals surface area contributed by atoms with Crippen molar-refractivity contribution in [1.82, 2.24) is 4.90 Å². The molecule has 6 nitrogen and oxygen atoms in total. The van der Waals surface area contributed by atoms with E-state index >= 15 is 0 Å². The average molecular weight is 416 g/mol. The van der Waals surface area contributed by atoms with E-state index in [-0.39, 0.29) is 19.1 Å². The maximum atomic E-state index is 12.5. The number of benzene rings is 2. The summed E-state index contributed by atoms with van der Waals surface area (Å²) in [5.74, 6) is 0.00836. The highest BCUT2D eigenvalue weighted by molar-refractivity contribution is 6.31. The highest BCUT2D eigenvalue weighted by Gasteiger charge is 2.21. The van der Waals surface area contributed by atoms with E-state index < -0.39 is 6.10 Å². The van der Waals surface area contributed by atoms with Crippen LogP contribution >= 0.6 is 11.6 Å². The quantitative estimate of drug-likeness (QED) is 0.606. The summed E-state index contributed by atoms with van der Waals surface area (Å²) in [6.45, 7) is 2.57. The molecular formula is C22H26ClN3O3. The number of piperazine rings is 1. The second-order valence-corrected chi connectivity index (χ2v) is 7.37. The topological polar surface area (TPSA) is 76.0 Å². The van der Waals surface area contributed by atoms with Crippen molar-refractivity contribution >= 4 is 35.0 Å². The van der Waals surface area contributed by atoms with E-state index in [0.717, 1.165) is 16.9 Å². The maximum Gasteiger partial charge on any atom is 0.246 e. The van der Waals surface area contributed by atoms with Crippen LogP contribution in [0.3, 0.4) is 0 Å². The van der Waals surface area contributed by atoms with Crippen LogP contribution < -0.4 is 10.2 Å². The number of halogens is 1. The Morgan fingerprint density at radius 2 is 1.86 bits per heavy atom. The monoisotopic (exact) mass is 415 g/mol. The third-order valence-electron chi connectivity index (χ3n) is 4.85. The average Bonchev–Trinajstić information content (AvgIpc) is 2.76. The lowest BCUT2D eigenvalue weighted by Crippen LogP contribution is -2.48. The second-order valence-electron chi connectivity index (χ2n) is 6.94. The zero-order valence-electron chi connectivity index (χ0n) is 16.2. The molecule has 1 aliphatic rings. The minimum absolute atomic E-state index is 0.00836. The lowest BCUT2D eigenvalue weighted by Gasteiger charge is -2.36. The number of rotatable bonds is 7. The predicted molar refractivity (Wildman–Crippen MR) is 117 cm³/mol. The molecule has 0 saturated carbocycles. The SMILES string of the molecule is O=C(C=Cc1ccccc1)N1CCN(c2ccc(Cl)cc2NCC(O)CO)CC1. The Morgan fingerprint density at radius 1 is 1.14 bits per heavy atom. The molecule has 1 fully saturated rings. The first-order valence-electron chi connectivity index (χ1n) is 9.66. The van der Waals surface area contributed by atoms with Gasteiger partial charge in [0.2, 0.25) is 5.91 Å². The minimum Gasteiger partial charge on any atom is -0.394 e. The smallest absolute Gasteiger partial charge is 0.246 e.